The number of carbonyl (C=O) groups is 1. The van der Waals surface area contributed by atoms with Crippen molar-refractivity contribution in [2.24, 2.45) is 0 Å². The summed E-state index contributed by atoms with van der Waals surface area (Å²) in [4.78, 5) is 11.1. The van der Waals surface area contributed by atoms with E-state index in [9.17, 15) is 22.4 Å². The van der Waals surface area contributed by atoms with Crippen molar-refractivity contribution in [3.63, 3.8) is 0 Å². The second-order valence-corrected chi connectivity index (χ2v) is 3.32. The summed E-state index contributed by atoms with van der Waals surface area (Å²) in [5, 5.41) is 0. The van der Waals surface area contributed by atoms with E-state index >= 15 is 0 Å². The van der Waals surface area contributed by atoms with Crippen LogP contribution in [0.4, 0.5) is 17.6 Å². The van der Waals surface area contributed by atoms with Gasteiger partial charge in [-0.1, -0.05) is 0 Å². The van der Waals surface area contributed by atoms with Crippen molar-refractivity contribution in [1.29, 1.82) is 0 Å². The molecule has 0 fully saturated rings. The molecule has 1 aromatic rings. The minimum absolute atomic E-state index is 0.0488. The van der Waals surface area contributed by atoms with Crippen LogP contribution >= 0.6 is 0 Å². The van der Waals surface area contributed by atoms with Gasteiger partial charge in [0, 0.05) is 6.07 Å². The Morgan fingerprint density at radius 1 is 1.28 bits per heavy atom. The first-order valence-electron chi connectivity index (χ1n) is 5.01. The normalized spacial score (nSPS) is 11.2. The number of ether oxygens (including phenoxy) is 2. The molecule has 0 heterocycles. The lowest BCUT2D eigenvalue weighted by Gasteiger charge is -2.10. The van der Waals surface area contributed by atoms with Gasteiger partial charge in [-0.05, 0) is 24.6 Å². The van der Waals surface area contributed by atoms with E-state index in [0.29, 0.717) is 6.07 Å². The van der Waals surface area contributed by atoms with Crippen LogP contribution in [0.15, 0.2) is 18.2 Å². The molecule has 0 aliphatic carbocycles. The summed E-state index contributed by atoms with van der Waals surface area (Å²) in [5.41, 5.74) is 0.0488. The summed E-state index contributed by atoms with van der Waals surface area (Å²) in [6.45, 7) is 1.72. The van der Waals surface area contributed by atoms with Gasteiger partial charge in [-0.3, -0.25) is 4.79 Å². The van der Waals surface area contributed by atoms with Gasteiger partial charge in [-0.25, -0.2) is 4.39 Å². The topological polar surface area (TPSA) is 35.5 Å². The van der Waals surface area contributed by atoms with Gasteiger partial charge in [-0.15, -0.1) is 13.2 Å². The van der Waals surface area contributed by atoms with Crippen molar-refractivity contribution < 1.29 is 31.8 Å². The van der Waals surface area contributed by atoms with Gasteiger partial charge in [0.1, 0.15) is 11.6 Å². The van der Waals surface area contributed by atoms with E-state index in [4.69, 9.17) is 0 Å². The molecule has 0 atom stereocenters. The standard InChI is InChI=1S/C11H10F4O3/c1-2-17-10(16)5-7-3-8(12)6-9(4-7)18-11(13,14)15/h3-4,6H,2,5H2,1H3. The van der Waals surface area contributed by atoms with Gasteiger partial charge in [0.25, 0.3) is 0 Å². The quantitative estimate of drug-likeness (QED) is 0.621. The SMILES string of the molecule is CCOC(=O)Cc1cc(F)cc(OC(F)(F)F)c1. The third kappa shape index (κ3) is 5.03. The maximum Gasteiger partial charge on any atom is 0.573 e. The predicted octanol–water partition coefficient (Wildman–Crippen LogP) is 2.83. The molecule has 0 aromatic heterocycles. The highest BCUT2D eigenvalue weighted by molar-refractivity contribution is 5.72. The highest BCUT2D eigenvalue weighted by Gasteiger charge is 2.31. The fourth-order valence-corrected chi connectivity index (χ4v) is 1.29. The molecule has 0 unspecified atom stereocenters. The molecule has 1 rings (SSSR count). The lowest BCUT2D eigenvalue weighted by atomic mass is 10.1. The van der Waals surface area contributed by atoms with Gasteiger partial charge >= 0.3 is 12.3 Å². The van der Waals surface area contributed by atoms with E-state index in [1.165, 1.54) is 0 Å². The Kier molecular flexibility index (Phi) is 4.52. The molecule has 0 aliphatic rings. The third-order valence-electron chi connectivity index (χ3n) is 1.82. The van der Waals surface area contributed by atoms with Gasteiger partial charge in [-0.2, -0.15) is 0 Å². The molecule has 0 bridgehead atoms. The van der Waals surface area contributed by atoms with E-state index in [-0.39, 0.29) is 18.6 Å². The van der Waals surface area contributed by atoms with Crippen LogP contribution in [0.5, 0.6) is 5.75 Å². The monoisotopic (exact) mass is 266 g/mol. The first kappa shape index (κ1) is 14.3. The van der Waals surface area contributed by atoms with Gasteiger partial charge in [0.05, 0.1) is 13.0 Å². The average molecular weight is 266 g/mol. The predicted molar refractivity (Wildman–Crippen MR) is 53.4 cm³/mol. The van der Waals surface area contributed by atoms with E-state index in [0.717, 1.165) is 12.1 Å². The Bertz CT molecular complexity index is 429. The molecule has 100 valence electrons. The Morgan fingerprint density at radius 2 is 1.94 bits per heavy atom. The fraction of sp³-hybridized carbons (Fsp3) is 0.364. The Hall–Kier alpha value is -1.79. The van der Waals surface area contributed by atoms with Gasteiger partial charge in [0.2, 0.25) is 0 Å². The Balaban J connectivity index is 2.84. The molecule has 0 saturated heterocycles. The summed E-state index contributed by atoms with van der Waals surface area (Å²) in [7, 11) is 0. The molecule has 0 saturated carbocycles. The van der Waals surface area contributed by atoms with Crippen LogP contribution in [0, 0.1) is 5.82 Å². The minimum Gasteiger partial charge on any atom is -0.466 e. The number of rotatable bonds is 4. The van der Waals surface area contributed by atoms with Crippen LogP contribution < -0.4 is 4.74 Å². The first-order valence-corrected chi connectivity index (χ1v) is 5.01. The number of esters is 1. The zero-order valence-electron chi connectivity index (χ0n) is 9.38. The second-order valence-electron chi connectivity index (χ2n) is 3.32. The number of hydrogen-bond donors (Lipinski definition) is 0. The zero-order chi connectivity index (χ0) is 13.8. The molecule has 0 aliphatic heterocycles. The molecular weight excluding hydrogens is 256 g/mol. The lowest BCUT2D eigenvalue weighted by Crippen LogP contribution is -2.17. The van der Waals surface area contributed by atoms with Crippen LogP contribution in [0.25, 0.3) is 0 Å². The van der Waals surface area contributed by atoms with E-state index in [1.54, 1.807) is 6.92 Å². The van der Waals surface area contributed by atoms with Crippen LogP contribution in [-0.2, 0) is 16.0 Å². The third-order valence-corrected chi connectivity index (χ3v) is 1.82. The number of benzene rings is 1. The molecule has 0 radical (unpaired) electrons. The Labute approximate surface area is 100 Å². The summed E-state index contributed by atoms with van der Waals surface area (Å²) in [6.07, 6.45) is -5.23. The molecule has 3 nitrogen and oxygen atoms in total. The highest BCUT2D eigenvalue weighted by atomic mass is 19.4. The summed E-state index contributed by atoms with van der Waals surface area (Å²) < 4.78 is 57.1. The van der Waals surface area contributed by atoms with Crippen molar-refractivity contribution in [3.05, 3.63) is 29.6 Å². The van der Waals surface area contributed by atoms with E-state index in [2.05, 4.69) is 9.47 Å². The average Bonchev–Trinajstić information content (AvgIpc) is 2.13. The van der Waals surface area contributed by atoms with Crippen molar-refractivity contribution in [2.45, 2.75) is 19.7 Å². The maximum atomic E-state index is 13.0. The van der Waals surface area contributed by atoms with Crippen molar-refractivity contribution in [1.82, 2.24) is 0 Å². The molecule has 1 aromatic carbocycles. The number of alkyl halides is 3. The number of halogens is 4. The molecular formula is C11H10F4O3. The van der Waals surface area contributed by atoms with Crippen molar-refractivity contribution >= 4 is 5.97 Å². The number of carbonyl (C=O) groups excluding carboxylic acids is 1. The fourth-order valence-electron chi connectivity index (χ4n) is 1.29. The maximum absolute atomic E-state index is 13.0. The molecule has 0 amide bonds. The van der Waals surface area contributed by atoms with Gasteiger partial charge in [0.15, 0.2) is 0 Å². The largest absolute Gasteiger partial charge is 0.573 e. The first-order chi connectivity index (χ1) is 8.30. The second kappa shape index (κ2) is 5.70. The van der Waals surface area contributed by atoms with Gasteiger partial charge < -0.3 is 9.47 Å². The zero-order valence-corrected chi connectivity index (χ0v) is 9.38. The summed E-state index contributed by atoms with van der Waals surface area (Å²) in [5.74, 6) is -2.28. The lowest BCUT2D eigenvalue weighted by molar-refractivity contribution is -0.274. The van der Waals surface area contributed by atoms with E-state index in [1.807, 2.05) is 0 Å². The Morgan fingerprint density at radius 3 is 2.50 bits per heavy atom. The molecule has 18 heavy (non-hydrogen) atoms. The van der Waals surface area contributed by atoms with E-state index < -0.39 is 23.9 Å². The summed E-state index contributed by atoms with van der Waals surface area (Å²) >= 11 is 0. The molecule has 0 N–H and O–H groups in total. The minimum atomic E-state index is -4.91. The number of hydrogen-bond acceptors (Lipinski definition) is 3. The molecule has 7 heteroatoms. The van der Waals surface area contributed by atoms with Crippen molar-refractivity contribution in [2.75, 3.05) is 6.61 Å². The van der Waals surface area contributed by atoms with Crippen molar-refractivity contribution in [3.8, 4) is 5.75 Å². The van der Waals surface area contributed by atoms with Crippen LogP contribution in [0.1, 0.15) is 12.5 Å². The van der Waals surface area contributed by atoms with Crippen LogP contribution in [0.3, 0.4) is 0 Å². The van der Waals surface area contributed by atoms with Crippen LogP contribution in [0.2, 0.25) is 0 Å². The molecule has 0 spiro atoms. The smallest absolute Gasteiger partial charge is 0.466 e. The van der Waals surface area contributed by atoms with Crippen LogP contribution in [-0.4, -0.2) is 18.9 Å². The summed E-state index contributed by atoms with van der Waals surface area (Å²) in [6, 6.07) is 2.47. The highest BCUT2D eigenvalue weighted by Crippen LogP contribution is 2.24.